The zero-order valence-corrected chi connectivity index (χ0v) is 10.8. The molecule has 0 unspecified atom stereocenters. The highest BCUT2D eigenvalue weighted by Crippen LogP contribution is 2.14. The molecule has 0 aliphatic heterocycles. The number of hydrogen-bond acceptors (Lipinski definition) is 3. The van der Waals surface area contributed by atoms with Gasteiger partial charge in [0.1, 0.15) is 5.82 Å². The SMILES string of the molecule is CCOCCN(CC)C(=O)c1cc(N)ccc1F. The van der Waals surface area contributed by atoms with E-state index in [1.54, 1.807) is 0 Å². The largest absolute Gasteiger partial charge is 0.399 e. The Morgan fingerprint density at radius 3 is 2.78 bits per heavy atom. The molecular formula is C13H19FN2O2. The van der Waals surface area contributed by atoms with Crippen LogP contribution in [-0.4, -0.2) is 37.1 Å². The summed E-state index contributed by atoms with van der Waals surface area (Å²) in [6, 6.07) is 4.00. The number of ether oxygens (including phenoxy) is 1. The summed E-state index contributed by atoms with van der Waals surface area (Å²) >= 11 is 0. The van der Waals surface area contributed by atoms with Crippen molar-refractivity contribution in [1.82, 2.24) is 4.90 Å². The van der Waals surface area contributed by atoms with Gasteiger partial charge in [-0.2, -0.15) is 0 Å². The van der Waals surface area contributed by atoms with E-state index >= 15 is 0 Å². The molecule has 0 heterocycles. The number of nitrogen functional groups attached to an aromatic ring is 1. The van der Waals surface area contributed by atoms with Gasteiger partial charge in [0.25, 0.3) is 5.91 Å². The number of likely N-dealkylation sites (N-methyl/N-ethyl adjacent to an activating group) is 1. The van der Waals surface area contributed by atoms with Crippen LogP contribution in [0, 0.1) is 5.82 Å². The third kappa shape index (κ3) is 3.70. The van der Waals surface area contributed by atoms with Crippen LogP contribution in [0.5, 0.6) is 0 Å². The van der Waals surface area contributed by atoms with Gasteiger partial charge < -0.3 is 15.4 Å². The molecule has 0 spiro atoms. The Morgan fingerprint density at radius 2 is 2.17 bits per heavy atom. The fourth-order valence-corrected chi connectivity index (χ4v) is 1.60. The predicted octanol–water partition coefficient (Wildman–Crippen LogP) is 1.91. The second-order valence-corrected chi connectivity index (χ2v) is 3.82. The number of anilines is 1. The summed E-state index contributed by atoms with van der Waals surface area (Å²) in [5.41, 5.74) is 5.95. The van der Waals surface area contributed by atoms with E-state index in [9.17, 15) is 9.18 Å². The molecule has 0 aliphatic rings. The van der Waals surface area contributed by atoms with Crippen molar-refractivity contribution in [2.24, 2.45) is 0 Å². The Hall–Kier alpha value is -1.62. The van der Waals surface area contributed by atoms with Gasteiger partial charge >= 0.3 is 0 Å². The molecule has 0 saturated heterocycles. The summed E-state index contributed by atoms with van der Waals surface area (Å²) in [5, 5.41) is 0. The van der Waals surface area contributed by atoms with Gasteiger partial charge in [0.2, 0.25) is 0 Å². The fraction of sp³-hybridized carbons (Fsp3) is 0.462. The summed E-state index contributed by atoms with van der Waals surface area (Å²) in [5.74, 6) is -0.911. The van der Waals surface area contributed by atoms with E-state index in [2.05, 4.69) is 0 Å². The topological polar surface area (TPSA) is 55.6 Å². The molecule has 0 saturated carbocycles. The molecule has 100 valence electrons. The van der Waals surface area contributed by atoms with Crippen molar-refractivity contribution in [2.45, 2.75) is 13.8 Å². The molecule has 0 bridgehead atoms. The number of amides is 1. The lowest BCUT2D eigenvalue weighted by Crippen LogP contribution is -2.34. The van der Waals surface area contributed by atoms with Crippen molar-refractivity contribution >= 4 is 11.6 Å². The number of nitrogens with zero attached hydrogens (tertiary/aromatic N) is 1. The van der Waals surface area contributed by atoms with Gasteiger partial charge in [-0.3, -0.25) is 4.79 Å². The molecule has 0 fully saturated rings. The molecule has 0 atom stereocenters. The van der Waals surface area contributed by atoms with Gasteiger partial charge in [-0.05, 0) is 32.0 Å². The molecule has 0 aliphatic carbocycles. The number of benzene rings is 1. The summed E-state index contributed by atoms with van der Waals surface area (Å²) in [7, 11) is 0. The summed E-state index contributed by atoms with van der Waals surface area (Å²) in [4.78, 5) is 13.7. The van der Waals surface area contributed by atoms with Gasteiger partial charge in [-0.15, -0.1) is 0 Å². The van der Waals surface area contributed by atoms with Crippen molar-refractivity contribution < 1.29 is 13.9 Å². The molecule has 5 heteroatoms. The first-order valence-corrected chi connectivity index (χ1v) is 6.02. The van der Waals surface area contributed by atoms with Crippen molar-refractivity contribution in [2.75, 3.05) is 32.0 Å². The maximum Gasteiger partial charge on any atom is 0.256 e. The Labute approximate surface area is 107 Å². The van der Waals surface area contributed by atoms with Crippen molar-refractivity contribution in [3.8, 4) is 0 Å². The third-order valence-corrected chi connectivity index (χ3v) is 2.60. The molecule has 0 radical (unpaired) electrons. The van der Waals surface area contributed by atoms with Crippen LogP contribution in [0.1, 0.15) is 24.2 Å². The monoisotopic (exact) mass is 254 g/mol. The van der Waals surface area contributed by atoms with E-state index in [-0.39, 0.29) is 11.5 Å². The summed E-state index contributed by atoms with van der Waals surface area (Å²) in [6.07, 6.45) is 0. The number of nitrogens with two attached hydrogens (primary N) is 1. The Balaban J connectivity index is 2.79. The quantitative estimate of drug-likeness (QED) is 0.623. The highest BCUT2D eigenvalue weighted by molar-refractivity contribution is 5.95. The lowest BCUT2D eigenvalue weighted by Gasteiger charge is -2.21. The zero-order valence-electron chi connectivity index (χ0n) is 10.8. The molecule has 1 aromatic rings. The van der Waals surface area contributed by atoms with Gasteiger partial charge in [-0.1, -0.05) is 0 Å². The first-order valence-electron chi connectivity index (χ1n) is 6.02. The van der Waals surface area contributed by atoms with Crippen LogP contribution in [0.15, 0.2) is 18.2 Å². The molecular weight excluding hydrogens is 235 g/mol. The second-order valence-electron chi connectivity index (χ2n) is 3.82. The minimum absolute atomic E-state index is 0.00773. The Bertz CT molecular complexity index is 410. The van der Waals surface area contributed by atoms with Crippen LogP contribution in [0.25, 0.3) is 0 Å². The van der Waals surface area contributed by atoms with Gasteiger partial charge in [-0.25, -0.2) is 4.39 Å². The maximum atomic E-state index is 13.6. The average molecular weight is 254 g/mol. The minimum atomic E-state index is -0.552. The standard InChI is InChI=1S/C13H19FN2O2/c1-3-16(7-8-18-4-2)13(17)11-9-10(15)5-6-12(11)14/h5-6,9H,3-4,7-8,15H2,1-2H3. The highest BCUT2D eigenvalue weighted by Gasteiger charge is 2.18. The molecule has 18 heavy (non-hydrogen) atoms. The van der Waals surface area contributed by atoms with Crippen LogP contribution >= 0.6 is 0 Å². The smallest absolute Gasteiger partial charge is 0.256 e. The van der Waals surface area contributed by atoms with E-state index < -0.39 is 5.82 Å². The van der Waals surface area contributed by atoms with E-state index in [1.165, 1.54) is 23.1 Å². The average Bonchev–Trinajstić information content (AvgIpc) is 2.37. The van der Waals surface area contributed by atoms with Crippen molar-refractivity contribution in [1.29, 1.82) is 0 Å². The molecule has 2 N–H and O–H groups in total. The normalized spacial score (nSPS) is 10.4. The number of rotatable bonds is 6. The first-order chi connectivity index (χ1) is 8.60. The molecule has 1 aromatic carbocycles. The van der Waals surface area contributed by atoms with Crippen LogP contribution in [0.3, 0.4) is 0 Å². The maximum absolute atomic E-state index is 13.6. The number of carbonyl (C=O) groups is 1. The molecule has 1 rings (SSSR count). The summed E-state index contributed by atoms with van der Waals surface area (Å²) < 4.78 is 18.8. The number of halogens is 1. The zero-order chi connectivity index (χ0) is 13.5. The minimum Gasteiger partial charge on any atom is -0.399 e. The predicted molar refractivity (Wildman–Crippen MR) is 68.9 cm³/mol. The van der Waals surface area contributed by atoms with Crippen LogP contribution in [-0.2, 0) is 4.74 Å². The Morgan fingerprint density at radius 1 is 1.44 bits per heavy atom. The lowest BCUT2D eigenvalue weighted by atomic mass is 10.1. The van der Waals surface area contributed by atoms with E-state index in [1.807, 2.05) is 13.8 Å². The van der Waals surface area contributed by atoms with E-state index in [0.29, 0.717) is 32.0 Å². The van der Waals surface area contributed by atoms with Gasteiger partial charge in [0.15, 0.2) is 0 Å². The molecule has 0 aromatic heterocycles. The highest BCUT2D eigenvalue weighted by atomic mass is 19.1. The summed E-state index contributed by atoms with van der Waals surface area (Å²) in [6.45, 7) is 5.71. The molecule has 1 amide bonds. The molecule has 4 nitrogen and oxygen atoms in total. The fourth-order valence-electron chi connectivity index (χ4n) is 1.60. The Kier molecular flexibility index (Phi) is 5.58. The number of hydrogen-bond donors (Lipinski definition) is 1. The first kappa shape index (κ1) is 14.4. The van der Waals surface area contributed by atoms with Crippen molar-refractivity contribution in [3.63, 3.8) is 0 Å². The van der Waals surface area contributed by atoms with Gasteiger partial charge in [0.05, 0.1) is 12.2 Å². The number of carbonyl (C=O) groups excluding carboxylic acids is 1. The van der Waals surface area contributed by atoms with Crippen molar-refractivity contribution in [3.05, 3.63) is 29.6 Å². The second kappa shape index (κ2) is 6.96. The van der Waals surface area contributed by atoms with Crippen LogP contribution in [0.2, 0.25) is 0 Å². The lowest BCUT2D eigenvalue weighted by molar-refractivity contribution is 0.0665. The van der Waals surface area contributed by atoms with E-state index in [0.717, 1.165) is 0 Å². The van der Waals surface area contributed by atoms with Crippen LogP contribution in [0.4, 0.5) is 10.1 Å². The third-order valence-electron chi connectivity index (χ3n) is 2.60. The van der Waals surface area contributed by atoms with E-state index in [4.69, 9.17) is 10.5 Å². The van der Waals surface area contributed by atoms with Gasteiger partial charge in [0, 0.05) is 25.4 Å². The van der Waals surface area contributed by atoms with Crippen LogP contribution < -0.4 is 5.73 Å².